The molecular formula is C17H14ClN3O5. The first-order chi connectivity index (χ1) is 12.5. The summed E-state index contributed by atoms with van der Waals surface area (Å²) in [6.07, 6.45) is 2.65. The van der Waals surface area contributed by atoms with E-state index in [0.29, 0.717) is 17.8 Å². The van der Waals surface area contributed by atoms with E-state index in [1.807, 2.05) is 0 Å². The van der Waals surface area contributed by atoms with E-state index < -0.39 is 11.9 Å². The van der Waals surface area contributed by atoms with Crippen molar-refractivity contribution < 1.29 is 23.8 Å². The van der Waals surface area contributed by atoms with Gasteiger partial charge in [-0.3, -0.25) is 4.79 Å². The number of amides is 1. The van der Waals surface area contributed by atoms with Gasteiger partial charge in [-0.15, -0.1) is 0 Å². The lowest BCUT2D eigenvalue weighted by Crippen LogP contribution is -2.23. The van der Waals surface area contributed by atoms with E-state index in [9.17, 15) is 14.7 Å². The predicted molar refractivity (Wildman–Crippen MR) is 92.6 cm³/mol. The number of nitrogens with one attached hydrogen (secondary N) is 1. The van der Waals surface area contributed by atoms with Crippen LogP contribution in [0.25, 0.3) is 11.0 Å². The van der Waals surface area contributed by atoms with Crippen molar-refractivity contribution in [1.29, 1.82) is 0 Å². The summed E-state index contributed by atoms with van der Waals surface area (Å²) in [5.41, 5.74) is 0.351. The van der Waals surface area contributed by atoms with Crippen LogP contribution in [0.4, 0.5) is 0 Å². The van der Waals surface area contributed by atoms with Crippen molar-refractivity contribution in [3.05, 3.63) is 52.6 Å². The lowest BCUT2D eigenvalue weighted by Gasteiger charge is -2.07. The third kappa shape index (κ3) is 3.60. The molecule has 1 aromatic carbocycles. The molecule has 0 bridgehead atoms. The van der Waals surface area contributed by atoms with Crippen LogP contribution in [0.3, 0.4) is 0 Å². The van der Waals surface area contributed by atoms with Crippen LogP contribution < -0.4 is 10.1 Å². The highest BCUT2D eigenvalue weighted by Gasteiger charge is 2.17. The molecule has 0 atom stereocenters. The van der Waals surface area contributed by atoms with Crippen LogP contribution in [-0.4, -0.2) is 33.6 Å². The van der Waals surface area contributed by atoms with Crippen LogP contribution in [0.2, 0.25) is 5.02 Å². The second-order valence-electron chi connectivity index (χ2n) is 5.25. The second-order valence-corrected chi connectivity index (χ2v) is 5.68. The van der Waals surface area contributed by atoms with Gasteiger partial charge in [0, 0.05) is 16.6 Å². The van der Waals surface area contributed by atoms with Crippen molar-refractivity contribution in [1.82, 2.24) is 15.3 Å². The summed E-state index contributed by atoms with van der Waals surface area (Å²) in [5, 5.41) is 12.7. The summed E-state index contributed by atoms with van der Waals surface area (Å²) in [4.78, 5) is 31.4. The van der Waals surface area contributed by atoms with Gasteiger partial charge >= 0.3 is 5.97 Å². The Bertz CT molecular complexity index is 986. The van der Waals surface area contributed by atoms with Gasteiger partial charge in [-0.25, -0.2) is 14.8 Å². The minimum Gasteiger partial charge on any atom is -0.478 e. The first-order valence-corrected chi connectivity index (χ1v) is 8.03. The smallest absolute Gasteiger partial charge is 0.339 e. The number of hydrogen-bond acceptors (Lipinski definition) is 6. The molecular weight excluding hydrogens is 362 g/mol. The normalized spacial score (nSPS) is 10.7. The van der Waals surface area contributed by atoms with E-state index in [0.717, 1.165) is 0 Å². The van der Waals surface area contributed by atoms with Crippen LogP contribution in [0.15, 0.2) is 35.1 Å². The van der Waals surface area contributed by atoms with Crippen molar-refractivity contribution in [2.24, 2.45) is 0 Å². The first kappa shape index (κ1) is 17.7. The van der Waals surface area contributed by atoms with Crippen molar-refractivity contribution in [3.8, 4) is 5.88 Å². The van der Waals surface area contributed by atoms with Gasteiger partial charge in [-0.2, -0.15) is 0 Å². The highest BCUT2D eigenvalue weighted by atomic mass is 35.5. The van der Waals surface area contributed by atoms with E-state index in [1.54, 1.807) is 19.1 Å². The number of rotatable bonds is 6. The summed E-state index contributed by atoms with van der Waals surface area (Å²) in [6.45, 7) is 2.19. The number of carbonyl (C=O) groups is 2. The number of halogens is 1. The van der Waals surface area contributed by atoms with Crippen molar-refractivity contribution >= 4 is 34.4 Å². The Morgan fingerprint density at radius 3 is 2.85 bits per heavy atom. The van der Waals surface area contributed by atoms with Crippen LogP contribution >= 0.6 is 11.6 Å². The minimum atomic E-state index is -1.15. The van der Waals surface area contributed by atoms with Crippen LogP contribution in [0.5, 0.6) is 5.88 Å². The molecule has 9 heteroatoms. The number of aromatic nitrogens is 2. The number of benzene rings is 1. The fraction of sp³-hybridized carbons (Fsp3) is 0.176. The Hall–Kier alpha value is -3.13. The summed E-state index contributed by atoms with van der Waals surface area (Å²) in [7, 11) is 0. The molecule has 0 aliphatic carbocycles. The average Bonchev–Trinajstić information content (AvgIpc) is 3.02. The molecule has 1 amide bonds. The first-order valence-electron chi connectivity index (χ1n) is 7.66. The van der Waals surface area contributed by atoms with Crippen LogP contribution in [-0.2, 0) is 6.54 Å². The maximum Gasteiger partial charge on any atom is 0.339 e. The molecule has 0 fully saturated rings. The van der Waals surface area contributed by atoms with Gasteiger partial charge in [0.15, 0.2) is 0 Å². The van der Waals surface area contributed by atoms with E-state index in [-0.39, 0.29) is 34.2 Å². The third-order valence-electron chi connectivity index (χ3n) is 3.49. The standard InChI is InChI=1S/C17H14ClN3O5/c1-2-25-16-13(7-19-8-21-16)15(22)20-6-11-4-9-3-10(18)5-12(17(23)24)14(9)26-11/h3-5,7-8H,2,6H2,1H3,(H,20,22)(H,23,24). The van der Waals surface area contributed by atoms with Crippen molar-refractivity contribution in [2.45, 2.75) is 13.5 Å². The highest BCUT2D eigenvalue weighted by molar-refractivity contribution is 6.32. The van der Waals surface area contributed by atoms with Crippen molar-refractivity contribution in [2.75, 3.05) is 6.61 Å². The number of fused-ring (bicyclic) bond motifs is 1. The van der Waals surface area contributed by atoms with E-state index in [2.05, 4.69) is 15.3 Å². The Balaban J connectivity index is 1.81. The van der Waals surface area contributed by atoms with Gasteiger partial charge in [-0.1, -0.05) is 11.6 Å². The quantitative estimate of drug-likeness (QED) is 0.680. The molecule has 3 rings (SSSR count). The molecule has 0 saturated carbocycles. The third-order valence-corrected chi connectivity index (χ3v) is 3.71. The van der Waals surface area contributed by atoms with Gasteiger partial charge in [0.1, 0.15) is 28.8 Å². The lowest BCUT2D eigenvalue weighted by atomic mass is 10.1. The maximum absolute atomic E-state index is 12.3. The zero-order chi connectivity index (χ0) is 18.7. The Morgan fingerprint density at radius 1 is 1.31 bits per heavy atom. The van der Waals surface area contributed by atoms with Gasteiger partial charge in [0.25, 0.3) is 5.91 Å². The van der Waals surface area contributed by atoms with E-state index in [4.69, 9.17) is 20.8 Å². The molecule has 0 saturated heterocycles. The fourth-order valence-corrected chi connectivity index (χ4v) is 2.63. The molecule has 134 valence electrons. The largest absolute Gasteiger partial charge is 0.478 e. The Labute approximate surface area is 152 Å². The molecule has 0 aliphatic rings. The summed E-state index contributed by atoms with van der Waals surface area (Å²) < 4.78 is 10.9. The summed E-state index contributed by atoms with van der Waals surface area (Å²) in [5.74, 6) is -1.02. The summed E-state index contributed by atoms with van der Waals surface area (Å²) in [6, 6.07) is 4.53. The molecule has 2 aromatic heterocycles. The van der Waals surface area contributed by atoms with Crippen LogP contribution in [0, 0.1) is 0 Å². The Kier molecular flexibility index (Phi) is 5.04. The fourth-order valence-electron chi connectivity index (χ4n) is 2.40. The molecule has 3 aromatic rings. The predicted octanol–water partition coefficient (Wildman–Crippen LogP) is 2.90. The SMILES string of the molecule is CCOc1ncncc1C(=O)NCc1cc2cc(Cl)cc(C(=O)O)c2o1. The number of aromatic carboxylic acids is 1. The molecule has 0 aliphatic heterocycles. The van der Waals surface area contributed by atoms with Gasteiger partial charge in [0.05, 0.1) is 13.2 Å². The van der Waals surface area contributed by atoms with E-state index in [1.165, 1.54) is 18.6 Å². The molecule has 2 N–H and O–H groups in total. The number of hydrogen-bond donors (Lipinski definition) is 2. The molecule has 0 spiro atoms. The molecule has 26 heavy (non-hydrogen) atoms. The molecule has 8 nitrogen and oxygen atoms in total. The molecule has 0 radical (unpaired) electrons. The van der Waals surface area contributed by atoms with Gasteiger partial charge in [0.2, 0.25) is 5.88 Å². The van der Waals surface area contributed by atoms with Gasteiger partial charge in [-0.05, 0) is 25.1 Å². The zero-order valence-electron chi connectivity index (χ0n) is 13.7. The number of carboxylic acid groups (broad SMARTS) is 1. The number of carbonyl (C=O) groups excluding carboxylic acids is 1. The van der Waals surface area contributed by atoms with Crippen molar-refractivity contribution in [3.63, 3.8) is 0 Å². The van der Waals surface area contributed by atoms with E-state index >= 15 is 0 Å². The lowest BCUT2D eigenvalue weighted by molar-refractivity contribution is 0.0697. The number of furan rings is 1. The van der Waals surface area contributed by atoms with Crippen LogP contribution in [0.1, 0.15) is 33.4 Å². The topological polar surface area (TPSA) is 115 Å². The number of ether oxygens (including phenoxy) is 1. The number of carboxylic acids is 1. The second kappa shape index (κ2) is 7.40. The highest BCUT2D eigenvalue weighted by Crippen LogP contribution is 2.27. The zero-order valence-corrected chi connectivity index (χ0v) is 14.4. The average molecular weight is 376 g/mol. The summed E-state index contributed by atoms with van der Waals surface area (Å²) >= 11 is 5.93. The maximum atomic E-state index is 12.3. The van der Waals surface area contributed by atoms with Gasteiger partial charge < -0.3 is 19.6 Å². The monoisotopic (exact) mass is 375 g/mol. The number of nitrogens with zero attached hydrogens (tertiary/aromatic N) is 2. The Morgan fingerprint density at radius 2 is 2.12 bits per heavy atom. The molecule has 2 heterocycles. The molecule has 0 unspecified atom stereocenters. The minimum absolute atomic E-state index is 0.0415.